The maximum atomic E-state index is 12.7. The van der Waals surface area contributed by atoms with Crippen molar-refractivity contribution in [2.45, 2.75) is 78.0 Å². The van der Waals surface area contributed by atoms with Crippen LogP contribution in [0.25, 0.3) is 11.0 Å². The predicted octanol–water partition coefficient (Wildman–Crippen LogP) is 5.24. The zero-order valence-electron chi connectivity index (χ0n) is 19.2. The lowest BCUT2D eigenvalue weighted by atomic mass is 10.0. The van der Waals surface area contributed by atoms with Crippen LogP contribution >= 0.6 is 0 Å². The van der Waals surface area contributed by atoms with Crippen molar-refractivity contribution >= 4 is 22.6 Å². The molecule has 0 saturated heterocycles. The number of fused-ring (bicyclic) bond motifs is 2. The topological polar surface area (TPSA) is 78.3 Å². The third kappa shape index (κ3) is 3.59. The fraction of sp³-hybridized carbons (Fsp3) is 0.480. The first kappa shape index (κ1) is 20.8. The normalized spacial score (nSPS) is 16.4. The van der Waals surface area contributed by atoms with E-state index >= 15 is 0 Å². The number of aryl methyl sites for hydroxylation is 2. The molecule has 1 N–H and O–H groups in total. The monoisotopic (exact) mass is 434 g/mol. The van der Waals surface area contributed by atoms with Crippen molar-refractivity contribution in [2.24, 2.45) is 0 Å². The van der Waals surface area contributed by atoms with Gasteiger partial charge in [-0.1, -0.05) is 0 Å². The maximum absolute atomic E-state index is 12.7. The first-order valence-electron chi connectivity index (χ1n) is 11.5. The Morgan fingerprint density at radius 1 is 1.19 bits per heavy atom. The summed E-state index contributed by atoms with van der Waals surface area (Å²) in [5, 5.41) is 8.55. The molecular weight excluding hydrogens is 404 g/mol. The summed E-state index contributed by atoms with van der Waals surface area (Å²) in [5.41, 5.74) is 4.85. The summed E-state index contributed by atoms with van der Waals surface area (Å²) < 4.78 is 14.1. The average molecular weight is 435 g/mol. The van der Waals surface area contributed by atoms with Crippen molar-refractivity contribution in [2.75, 3.05) is 5.32 Å². The number of pyridine rings is 1. The molecule has 168 valence electrons. The van der Waals surface area contributed by atoms with Crippen molar-refractivity contribution in [3.63, 3.8) is 0 Å². The molecule has 1 aliphatic carbocycles. The fourth-order valence-electron chi connectivity index (χ4n) is 4.89. The summed E-state index contributed by atoms with van der Waals surface area (Å²) in [4.78, 5) is 17.5. The summed E-state index contributed by atoms with van der Waals surface area (Å²) in [6, 6.07) is 5.88. The third-order valence-electron chi connectivity index (χ3n) is 6.61. The van der Waals surface area contributed by atoms with E-state index in [9.17, 15) is 4.79 Å². The third-order valence-corrected chi connectivity index (χ3v) is 6.61. The standard InChI is InChI=1S/C25H30N4O3/c1-15(2)29-24-20(14-26-29)16(3)19(17(4)27-24)8-10-23(30)28-18-7-9-21-22(13-18)32-25(31-21)11-5-6-12-25/h7,9,13-15H,5-6,8,10-12H2,1-4H3,(H,28,30). The molecule has 2 aromatic heterocycles. The largest absolute Gasteiger partial charge is 0.448 e. The minimum atomic E-state index is -0.491. The molecule has 32 heavy (non-hydrogen) atoms. The number of hydrogen-bond acceptors (Lipinski definition) is 5. The molecule has 3 heterocycles. The van der Waals surface area contributed by atoms with Crippen LogP contribution in [-0.2, 0) is 11.2 Å². The van der Waals surface area contributed by atoms with E-state index in [-0.39, 0.29) is 11.9 Å². The lowest BCUT2D eigenvalue weighted by Gasteiger charge is -2.21. The number of nitrogens with zero attached hydrogens (tertiary/aromatic N) is 3. The molecule has 0 bridgehead atoms. The molecule has 7 nitrogen and oxygen atoms in total. The lowest BCUT2D eigenvalue weighted by Crippen LogP contribution is -2.34. The highest BCUT2D eigenvalue weighted by atomic mass is 16.7. The molecule has 1 aliphatic heterocycles. The first-order chi connectivity index (χ1) is 15.3. The van der Waals surface area contributed by atoms with Gasteiger partial charge in [-0.3, -0.25) is 4.79 Å². The number of ether oxygens (including phenoxy) is 2. The molecular formula is C25H30N4O3. The van der Waals surface area contributed by atoms with Crippen molar-refractivity contribution < 1.29 is 14.3 Å². The Morgan fingerprint density at radius 3 is 2.69 bits per heavy atom. The Morgan fingerprint density at radius 2 is 1.94 bits per heavy atom. The van der Waals surface area contributed by atoms with Gasteiger partial charge in [0.1, 0.15) is 0 Å². The molecule has 1 saturated carbocycles. The quantitative estimate of drug-likeness (QED) is 0.594. The Labute approximate surface area is 188 Å². The molecule has 5 rings (SSSR count). The van der Waals surface area contributed by atoms with Gasteiger partial charge in [0.05, 0.1) is 6.20 Å². The van der Waals surface area contributed by atoms with E-state index in [1.54, 1.807) is 0 Å². The molecule has 0 atom stereocenters. The predicted molar refractivity (Wildman–Crippen MR) is 123 cm³/mol. The van der Waals surface area contributed by atoms with Gasteiger partial charge < -0.3 is 14.8 Å². The summed E-state index contributed by atoms with van der Waals surface area (Å²) >= 11 is 0. The molecule has 1 aromatic carbocycles. The van der Waals surface area contributed by atoms with E-state index in [2.05, 4.69) is 31.2 Å². The van der Waals surface area contributed by atoms with Crippen LogP contribution in [0.3, 0.4) is 0 Å². The number of nitrogens with one attached hydrogen (secondary N) is 1. The number of rotatable bonds is 5. The smallest absolute Gasteiger partial charge is 0.251 e. The molecule has 3 aromatic rings. The Kier molecular flexibility index (Phi) is 5.07. The van der Waals surface area contributed by atoms with Crippen LogP contribution in [0.1, 0.15) is 68.8 Å². The van der Waals surface area contributed by atoms with Gasteiger partial charge in [-0.15, -0.1) is 0 Å². The van der Waals surface area contributed by atoms with Crippen LogP contribution < -0.4 is 14.8 Å². The van der Waals surface area contributed by atoms with Gasteiger partial charge in [0.15, 0.2) is 17.1 Å². The number of hydrogen-bond donors (Lipinski definition) is 1. The van der Waals surface area contributed by atoms with E-state index < -0.39 is 5.79 Å². The zero-order chi connectivity index (χ0) is 22.5. The van der Waals surface area contributed by atoms with Gasteiger partial charge in [0.2, 0.25) is 5.91 Å². The van der Waals surface area contributed by atoms with Crippen LogP contribution in [0.5, 0.6) is 11.5 Å². The second kappa shape index (κ2) is 7.80. The molecule has 1 spiro atoms. The summed E-state index contributed by atoms with van der Waals surface area (Å²) in [6.45, 7) is 8.29. The number of aromatic nitrogens is 3. The zero-order valence-corrected chi connectivity index (χ0v) is 19.2. The van der Waals surface area contributed by atoms with Gasteiger partial charge in [-0.2, -0.15) is 5.10 Å². The second-order valence-electron chi connectivity index (χ2n) is 9.25. The lowest BCUT2D eigenvalue weighted by molar-refractivity contribution is -0.116. The van der Waals surface area contributed by atoms with Crippen LogP contribution in [0.4, 0.5) is 5.69 Å². The Hall–Kier alpha value is -3.09. The van der Waals surface area contributed by atoms with Crippen molar-refractivity contribution in [3.8, 4) is 11.5 Å². The van der Waals surface area contributed by atoms with Crippen molar-refractivity contribution in [1.82, 2.24) is 14.8 Å². The highest BCUT2D eigenvalue weighted by molar-refractivity contribution is 5.91. The highest BCUT2D eigenvalue weighted by Crippen LogP contribution is 2.47. The molecule has 1 amide bonds. The molecule has 2 aliphatic rings. The van der Waals surface area contributed by atoms with Gasteiger partial charge >= 0.3 is 0 Å². The summed E-state index contributed by atoms with van der Waals surface area (Å²) in [7, 11) is 0. The molecule has 0 radical (unpaired) electrons. The number of carbonyl (C=O) groups excluding carboxylic acids is 1. The van der Waals surface area contributed by atoms with E-state index in [0.717, 1.165) is 65.0 Å². The van der Waals surface area contributed by atoms with E-state index in [1.807, 2.05) is 36.0 Å². The van der Waals surface area contributed by atoms with E-state index in [0.29, 0.717) is 18.6 Å². The van der Waals surface area contributed by atoms with Crippen molar-refractivity contribution in [3.05, 3.63) is 41.2 Å². The van der Waals surface area contributed by atoms with Gasteiger partial charge in [-0.25, -0.2) is 9.67 Å². The maximum Gasteiger partial charge on any atom is 0.251 e. The van der Waals surface area contributed by atoms with Crippen LogP contribution in [0, 0.1) is 13.8 Å². The number of anilines is 1. The van der Waals surface area contributed by atoms with Crippen LogP contribution in [0.2, 0.25) is 0 Å². The van der Waals surface area contributed by atoms with Gasteiger partial charge in [0, 0.05) is 48.1 Å². The van der Waals surface area contributed by atoms with Crippen LogP contribution in [-0.4, -0.2) is 26.5 Å². The van der Waals surface area contributed by atoms with Crippen molar-refractivity contribution in [1.29, 1.82) is 0 Å². The van der Waals surface area contributed by atoms with Crippen LogP contribution in [0.15, 0.2) is 24.4 Å². The second-order valence-corrected chi connectivity index (χ2v) is 9.25. The number of amides is 1. The van der Waals surface area contributed by atoms with Gasteiger partial charge in [0.25, 0.3) is 5.79 Å². The number of carbonyl (C=O) groups is 1. The Bertz CT molecular complexity index is 1190. The fourth-order valence-corrected chi connectivity index (χ4v) is 4.89. The van der Waals surface area contributed by atoms with Gasteiger partial charge in [-0.05, 0) is 70.2 Å². The molecule has 7 heteroatoms. The number of benzene rings is 1. The highest BCUT2D eigenvalue weighted by Gasteiger charge is 2.44. The minimum absolute atomic E-state index is 0.0313. The van der Waals surface area contributed by atoms with E-state index in [4.69, 9.17) is 14.5 Å². The van der Waals surface area contributed by atoms with E-state index in [1.165, 1.54) is 0 Å². The summed E-state index contributed by atoms with van der Waals surface area (Å²) in [5.74, 6) is 0.955. The Balaban J connectivity index is 1.27. The molecule has 1 fully saturated rings. The SMILES string of the molecule is Cc1nc2c(cnn2C(C)C)c(C)c1CCC(=O)Nc1ccc2c(c1)OC1(CCCC1)O2. The first-order valence-corrected chi connectivity index (χ1v) is 11.5. The summed E-state index contributed by atoms with van der Waals surface area (Å²) in [6.07, 6.45) is 6.96. The minimum Gasteiger partial charge on any atom is -0.448 e. The molecule has 0 unspecified atom stereocenters. The average Bonchev–Trinajstić information content (AvgIpc) is 3.46.